The van der Waals surface area contributed by atoms with Crippen molar-refractivity contribution in [2.24, 2.45) is 0 Å². The Labute approximate surface area is 101 Å². The molecule has 1 N–H and O–H groups in total. The van der Waals surface area contributed by atoms with E-state index in [0.717, 1.165) is 18.6 Å². The number of amides is 1. The first kappa shape index (κ1) is 12.1. The zero-order chi connectivity index (χ0) is 12.5. The molecule has 0 bridgehead atoms. The zero-order valence-corrected chi connectivity index (χ0v) is 10.4. The van der Waals surface area contributed by atoms with Gasteiger partial charge in [0.25, 0.3) is 5.91 Å². The quantitative estimate of drug-likeness (QED) is 0.856. The second kappa shape index (κ2) is 4.49. The van der Waals surface area contributed by atoms with Crippen LogP contribution in [0.1, 0.15) is 39.4 Å². The van der Waals surface area contributed by atoms with Crippen LogP contribution in [-0.4, -0.2) is 23.8 Å². The lowest BCUT2D eigenvalue weighted by molar-refractivity contribution is -0.124. The molecule has 2 heterocycles. The maximum atomic E-state index is 11.8. The van der Waals surface area contributed by atoms with Crippen LogP contribution in [0.25, 0.3) is 0 Å². The lowest BCUT2D eigenvalue weighted by atomic mass is 9.93. The molecule has 17 heavy (non-hydrogen) atoms. The van der Waals surface area contributed by atoms with E-state index in [-0.39, 0.29) is 17.4 Å². The van der Waals surface area contributed by atoms with E-state index in [4.69, 9.17) is 9.26 Å². The average Bonchev–Trinajstić information content (AvgIpc) is 2.85. The summed E-state index contributed by atoms with van der Waals surface area (Å²) in [7, 11) is 0. The molecule has 1 aromatic rings. The van der Waals surface area contributed by atoms with Gasteiger partial charge in [0, 0.05) is 18.1 Å². The van der Waals surface area contributed by atoms with E-state index >= 15 is 0 Å². The number of carbonyl (C=O) groups is 1. The fourth-order valence-electron chi connectivity index (χ4n) is 1.68. The highest BCUT2D eigenvalue weighted by atomic mass is 16.5. The van der Waals surface area contributed by atoms with Crippen LogP contribution in [0.5, 0.6) is 0 Å². The molecular weight excluding hydrogens is 220 g/mol. The molecule has 0 radical (unpaired) electrons. The standard InChI is InChI=1S/C12H18N2O3/c1-12(2,3)9-7-10(14-17-9)13-11(15)8-5-4-6-16-8/h7-8H,4-6H2,1-3H3,(H,13,14,15)/t8-/m0/s1. The van der Waals surface area contributed by atoms with Crippen LogP contribution in [0.3, 0.4) is 0 Å². The Hall–Kier alpha value is -1.36. The fraction of sp³-hybridized carbons (Fsp3) is 0.667. The Morgan fingerprint density at radius 2 is 2.29 bits per heavy atom. The summed E-state index contributed by atoms with van der Waals surface area (Å²) in [5.41, 5.74) is -0.111. The molecule has 0 unspecified atom stereocenters. The molecule has 94 valence electrons. The molecule has 1 aliphatic heterocycles. The average molecular weight is 238 g/mol. The lowest BCUT2D eigenvalue weighted by Gasteiger charge is -2.12. The number of rotatable bonds is 2. The first-order chi connectivity index (χ1) is 7.97. The molecule has 1 aromatic heterocycles. The highest BCUT2D eigenvalue weighted by molar-refractivity contribution is 5.93. The molecule has 2 rings (SSSR count). The minimum atomic E-state index is -0.343. The first-order valence-corrected chi connectivity index (χ1v) is 5.86. The largest absolute Gasteiger partial charge is 0.368 e. The van der Waals surface area contributed by atoms with Crippen LogP contribution in [0.4, 0.5) is 5.82 Å². The Morgan fingerprint density at radius 1 is 1.53 bits per heavy atom. The summed E-state index contributed by atoms with van der Waals surface area (Å²) in [6.07, 6.45) is 1.37. The van der Waals surface area contributed by atoms with Gasteiger partial charge in [-0.1, -0.05) is 25.9 Å². The summed E-state index contributed by atoms with van der Waals surface area (Å²) in [5.74, 6) is 1.06. The van der Waals surface area contributed by atoms with E-state index in [2.05, 4.69) is 10.5 Å². The van der Waals surface area contributed by atoms with Gasteiger partial charge in [-0.15, -0.1) is 0 Å². The Balaban J connectivity index is 1.99. The van der Waals surface area contributed by atoms with E-state index in [9.17, 15) is 4.79 Å². The smallest absolute Gasteiger partial charge is 0.254 e. The SMILES string of the molecule is CC(C)(C)c1cc(NC(=O)[C@@H]2CCCO2)no1. The predicted molar refractivity (Wildman–Crippen MR) is 62.8 cm³/mol. The molecule has 0 aromatic carbocycles. The van der Waals surface area contributed by atoms with Gasteiger partial charge < -0.3 is 14.6 Å². The van der Waals surface area contributed by atoms with Crippen molar-refractivity contribution >= 4 is 11.7 Å². The van der Waals surface area contributed by atoms with Crippen LogP contribution in [0.15, 0.2) is 10.6 Å². The molecule has 5 nitrogen and oxygen atoms in total. The number of anilines is 1. The zero-order valence-electron chi connectivity index (χ0n) is 10.4. The van der Waals surface area contributed by atoms with Gasteiger partial charge in [-0.25, -0.2) is 0 Å². The molecule has 5 heteroatoms. The third-order valence-corrected chi connectivity index (χ3v) is 2.72. The molecule has 1 atom stereocenters. The van der Waals surface area contributed by atoms with E-state index in [1.165, 1.54) is 0 Å². The lowest BCUT2D eigenvalue weighted by Crippen LogP contribution is -2.26. The highest BCUT2D eigenvalue weighted by Gasteiger charge is 2.25. The van der Waals surface area contributed by atoms with Gasteiger partial charge in [-0.2, -0.15) is 0 Å². The summed E-state index contributed by atoms with van der Waals surface area (Å²) in [6, 6.07) is 1.76. The van der Waals surface area contributed by atoms with Crippen LogP contribution in [-0.2, 0) is 14.9 Å². The van der Waals surface area contributed by atoms with Gasteiger partial charge in [0.15, 0.2) is 5.82 Å². The molecule has 0 aliphatic carbocycles. The van der Waals surface area contributed by atoms with Crippen molar-refractivity contribution in [2.45, 2.75) is 45.1 Å². The minimum Gasteiger partial charge on any atom is -0.368 e. The Morgan fingerprint density at radius 3 is 2.82 bits per heavy atom. The van der Waals surface area contributed by atoms with Gasteiger partial charge in [0.1, 0.15) is 11.9 Å². The van der Waals surface area contributed by atoms with Crippen molar-refractivity contribution in [1.29, 1.82) is 0 Å². The summed E-state index contributed by atoms with van der Waals surface area (Å²) < 4.78 is 10.5. The molecule has 0 saturated carbocycles. The van der Waals surface area contributed by atoms with E-state index in [0.29, 0.717) is 12.4 Å². The predicted octanol–water partition coefficient (Wildman–Crippen LogP) is 2.09. The summed E-state index contributed by atoms with van der Waals surface area (Å²) in [4.78, 5) is 11.8. The number of carbonyl (C=O) groups excluding carboxylic acids is 1. The maximum absolute atomic E-state index is 11.8. The van der Waals surface area contributed by atoms with Gasteiger partial charge in [0.05, 0.1) is 0 Å². The monoisotopic (exact) mass is 238 g/mol. The second-order valence-corrected chi connectivity index (χ2v) is 5.32. The number of hydrogen-bond acceptors (Lipinski definition) is 4. The van der Waals surface area contributed by atoms with Crippen LogP contribution in [0, 0.1) is 0 Å². The van der Waals surface area contributed by atoms with Crippen LogP contribution in [0.2, 0.25) is 0 Å². The molecule has 1 fully saturated rings. The Kier molecular flexibility index (Phi) is 3.19. The van der Waals surface area contributed by atoms with E-state index in [1.54, 1.807) is 6.07 Å². The fourth-order valence-corrected chi connectivity index (χ4v) is 1.68. The van der Waals surface area contributed by atoms with E-state index < -0.39 is 0 Å². The van der Waals surface area contributed by atoms with Crippen LogP contribution < -0.4 is 5.32 Å². The van der Waals surface area contributed by atoms with Crippen molar-refractivity contribution in [3.05, 3.63) is 11.8 Å². The summed E-state index contributed by atoms with van der Waals surface area (Å²) in [5, 5.41) is 6.54. The number of nitrogens with one attached hydrogen (secondary N) is 1. The van der Waals surface area contributed by atoms with E-state index in [1.807, 2.05) is 20.8 Å². The second-order valence-electron chi connectivity index (χ2n) is 5.32. The summed E-state index contributed by atoms with van der Waals surface area (Å²) in [6.45, 7) is 6.74. The molecular formula is C12H18N2O3. The number of hydrogen-bond donors (Lipinski definition) is 1. The van der Waals surface area contributed by atoms with Gasteiger partial charge in [-0.05, 0) is 12.8 Å². The van der Waals surface area contributed by atoms with Crippen molar-refractivity contribution in [3.63, 3.8) is 0 Å². The number of aromatic nitrogens is 1. The third kappa shape index (κ3) is 2.85. The highest BCUT2D eigenvalue weighted by Crippen LogP contribution is 2.24. The Bertz CT molecular complexity index is 400. The van der Waals surface area contributed by atoms with Gasteiger partial charge in [0.2, 0.25) is 0 Å². The maximum Gasteiger partial charge on any atom is 0.254 e. The summed E-state index contributed by atoms with van der Waals surface area (Å²) >= 11 is 0. The third-order valence-electron chi connectivity index (χ3n) is 2.72. The molecule has 1 saturated heterocycles. The number of ether oxygens (including phenoxy) is 1. The molecule has 1 amide bonds. The first-order valence-electron chi connectivity index (χ1n) is 5.86. The molecule has 1 aliphatic rings. The van der Waals surface area contributed by atoms with Gasteiger partial charge >= 0.3 is 0 Å². The van der Waals surface area contributed by atoms with Crippen molar-refractivity contribution < 1.29 is 14.1 Å². The van der Waals surface area contributed by atoms with Gasteiger partial charge in [-0.3, -0.25) is 4.79 Å². The van der Waals surface area contributed by atoms with Crippen molar-refractivity contribution in [2.75, 3.05) is 11.9 Å². The van der Waals surface area contributed by atoms with Crippen molar-refractivity contribution in [1.82, 2.24) is 5.16 Å². The topological polar surface area (TPSA) is 64.4 Å². The number of nitrogens with zero attached hydrogens (tertiary/aromatic N) is 1. The van der Waals surface area contributed by atoms with Crippen molar-refractivity contribution in [3.8, 4) is 0 Å². The normalized spacial score (nSPS) is 20.5. The van der Waals surface area contributed by atoms with Crippen LogP contribution >= 0.6 is 0 Å². The minimum absolute atomic E-state index is 0.111. The molecule has 0 spiro atoms.